The van der Waals surface area contributed by atoms with Crippen LogP contribution in [-0.4, -0.2) is 10.8 Å². The molecule has 0 saturated carbocycles. The maximum atomic E-state index is 11.2. The van der Waals surface area contributed by atoms with Gasteiger partial charge in [0.25, 0.3) is 0 Å². The Morgan fingerprint density at radius 2 is 1.95 bits per heavy atom. The third-order valence-electron chi connectivity index (χ3n) is 2.88. The largest absolute Gasteiger partial charge is 0.457 e. The summed E-state index contributed by atoms with van der Waals surface area (Å²) in [5.74, 6) is 1.14. The lowest BCUT2D eigenvalue weighted by Gasteiger charge is -1.99. The Balaban J connectivity index is 2.30. The van der Waals surface area contributed by atoms with Crippen molar-refractivity contribution in [3.63, 3.8) is 0 Å². The van der Waals surface area contributed by atoms with E-state index in [9.17, 15) is 4.79 Å². The summed E-state index contributed by atoms with van der Waals surface area (Å²) in [6.07, 6.45) is 1.50. The lowest BCUT2D eigenvalue weighted by atomic mass is 10.1. The van der Waals surface area contributed by atoms with Crippen LogP contribution in [0.15, 0.2) is 46.4 Å². The van der Waals surface area contributed by atoms with E-state index in [0.717, 1.165) is 5.56 Å². The highest BCUT2D eigenvalue weighted by atomic mass is 32.1. The first-order chi connectivity index (χ1) is 10.0. The number of ketones is 1. The summed E-state index contributed by atoms with van der Waals surface area (Å²) < 4.78 is 5.62. The van der Waals surface area contributed by atoms with Crippen LogP contribution < -0.4 is 5.73 Å². The molecule has 0 amide bonds. The van der Waals surface area contributed by atoms with Gasteiger partial charge in [0.05, 0.1) is 5.57 Å². The summed E-state index contributed by atoms with van der Waals surface area (Å²) in [4.78, 5) is 11.3. The number of hydrogen-bond acceptors (Lipinski definition) is 4. The molecule has 0 aliphatic rings. The molecule has 1 aromatic carbocycles. The smallest absolute Gasteiger partial charge is 0.159 e. The molecule has 2 aromatic rings. The first-order valence-corrected chi connectivity index (χ1v) is 6.55. The van der Waals surface area contributed by atoms with Crippen LogP contribution in [0.4, 0.5) is 0 Å². The van der Waals surface area contributed by atoms with E-state index in [4.69, 9.17) is 27.6 Å². The first-order valence-electron chi connectivity index (χ1n) is 6.14. The molecule has 104 valence electrons. The van der Waals surface area contributed by atoms with Crippen LogP contribution in [0.5, 0.6) is 0 Å². The third kappa shape index (κ3) is 3.44. The number of furan rings is 1. The van der Waals surface area contributed by atoms with Gasteiger partial charge in [-0.15, -0.1) is 0 Å². The summed E-state index contributed by atoms with van der Waals surface area (Å²) in [6, 6.07) is 12.5. The van der Waals surface area contributed by atoms with Crippen molar-refractivity contribution in [2.45, 2.75) is 6.92 Å². The van der Waals surface area contributed by atoms with E-state index < -0.39 is 0 Å². The number of nitriles is 1. The zero-order chi connectivity index (χ0) is 15.4. The van der Waals surface area contributed by atoms with Gasteiger partial charge in [0.1, 0.15) is 22.6 Å². The third-order valence-corrected chi connectivity index (χ3v) is 3.10. The van der Waals surface area contributed by atoms with E-state index in [1.807, 2.05) is 18.2 Å². The average Bonchev–Trinajstić information content (AvgIpc) is 2.93. The standard InChI is InChI=1S/C16H12N2O2S/c1-10(19)11-2-4-12(5-3-11)15-7-6-14(20-15)8-13(9-17)16(18)21/h2-8H,1H3,(H2,18,21)/b13-8-. The molecule has 2 rings (SSSR count). The minimum Gasteiger partial charge on any atom is -0.457 e. The molecule has 5 heteroatoms. The van der Waals surface area contributed by atoms with Crippen molar-refractivity contribution in [3.05, 3.63) is 53.3 Å². The summed E-state index contributed by atoms with van der Waals surface area (Å²) in [5.41, 5.74) is 7.10. The Morgan fingerprint density at radius 3 is 2.48 bits per heavy atom. The molecule has 0 aliphatic heterocycles. The van der Waals surface area contributed by atoms with E-state index in [2.05, 4.69) is 0 Å². The van der Waals surface area contributed by atoms with E-state index in [0.29, 0.717) is 17.1 Å². The van der Waals surface area contributed by atoms with E-state index in [1.54, 1.807) is 24.3 Å². The molecule has 0 radical (unpaired) electrons. The van der Waals surface area contributed by atoms with Crippen molar-refractivity contribution in [2.24, 2.45) is 5.73 Å². The zero-order valence-electron chi connectivity index (χ0n) is 11.3. The predicted octanol–water partition coefficient (Wildman–Crippen LogP) is 3.34. The lowest BCUT2D eigenvalue weighted by Crippen LogP contribution is -2.09. The van der Waals surface area contributed by atoms with Gasteiger partial charge in [-0.2, -0.15) is 5.26 Å². The number of nitrogens with zero attached hydrogens (tertiary/aromatic N) is 1. The molecule has 0 saturated heterocycles. The van der Waals surface area contributed by atoms with Crippen LogP contribution in [-0.2, 0) is 0 Å². The molecule has 0 bridgehead atoms. The van der Waals surface area contributed by atoms with Gasteiger partial charge in [0.2, 0.25) is 0 Å². The van der Waals surface area contributed by atoms with Crippen molar-refractivity contribution in [1.29, 1.82) is 5.26 Å². The number of thiocarbonyl (C=S) groups is 1. The topological polar surface area (TPSA) is 80.0 Å². The number of carbonyl (C=O) groups is 1. The number of Topliss-reactive ketones (excluding diaryl/α,β-unsaturated/α-hetero) is 1. The minimum atomic E-state index is 0.0136. The molecular weight excluding hydrogens is 284 g/mol. The molecule has 0 unspecified atom stereocenters. The number of rotatable bonds is 4. The highest BCUT2D eigenvalue weighted by molar-refractivity contribution is 7.80. The van der Waals surface area contributed by atoms with Crippen molar-refractivity contribution in [1.82, 2.24) is 0 Å². The number of nitrogens with two attached hydrogens (primary N) is 1. The van der Waals surface area contributed by atoms with Gasteiger partial charge in [0, 0.05) is 17.2 Å². The highest BCUT2D eigenvalue weighted by Crippen LogP contribution is 2.24. The second kappa shape index (κ2) is 6.16. The van der Waals surface area contributed by atoms with E-state index >= 15 is 0 Å². The van der Waals surface area contributed by atoms with Crippen LogP contribution in [0.3, 0.4) is 0 Å². The van der Waals surface area contributed by atoms with Crippen LogP contribution in [0.2, 0.25) is 0 Å². The molecule has 0 spiro atoms. The van der Waals surface area contributed by atoms with Crippen molar-refractivity contribution >= 4 is 29.1 Å². The maximum Gasteiger partial charge on any atom is 0.159 e. The second-order valence-corrected chi connectivity index (χ2v) is 4.81. The number of carbonyl (C=O) groups excluding carboxylic acids is 1. The van der Waals surface area contributed by atoms with Gasteiger partial charge in [-0.05, 0) is 19.1 Å². The van der Waals surface area contributed by atoms with E-state index in [-0.39, 0.29) is 16.3 Å². The fourth-order valence-electron chi connectivity index (χ4n) is 1.76. The van der Waals surface area contributed by atoms with Gasteiger partial charge >= 0.3 is 0 Å². The number of benzene rings is 1. The Morgan fingerprint density at radius 1 is 1.29 bits per heavy atom. The van der Waals surface area contributed by atoms with Crippen LogP contribution >= 0.6 is 12.2 Å². The van der Waals surface area contributed by atoms with Gasteiger partial charge in [-0.3, -0.25) is 4.79 Å². The summed E-state index contributed by atoms with van der Waals surface area (Å²) in [5, 5.41) is 8.90. The number of hydrogen-bond donors (Lipinski definition) is 1. The fourth-order valence-corrected chi connectivity index (χ4v) is 1.86. The summed E-state index contributed by atoms with van der Waals surface area (Å²) >= 11 is 4.77. The molecular formula is C16H12N2O2S. The average molecular weight is 296 g/mol. The Bertz CT molecular complexity index is 764. The molecule has 1 heterocycles. The Kier molecular flexibility index (Phi) is 4.31. The monoisotopic (exact) mass is 296 g/mol. The summed E-state index contributed by atoms with van der Waals surface area (Å²) in [6.45, 7) is 1.52. The van der Waals surface area contributed by atoms with Crippen molar-refractivity contribution in [3.8, 4) is 17.4 Å². The lowest BCUT2D eigenvalue weighted by molar-refractivity contribution is 0.101. The van der Waals surface area contributed by atoms with Crippen LogP contribution in [0, 0.1) is 11.3 Å². The van der Waals surface area contributed by atoms with Gasteiger partial charge < -0.3 is 10.2 Å². The van der Waals surface area contributed by atoms with Gasteiger partial charge in [0.15, 0.2) is 5.78 Å². The predicted molar refractivity (Wildman–Crippen MR) is 84.5 cm³/mol. The SMILES string of the molecule is CC(=O)c1ccc(-c2ccc(/C=C(/C#N)C(N)=S)o2)cc1. The minimum absolute atomic E-state index is 0.0136. The first kappa shape index (κ1) is 14.7. The van der Waals surface area contributed by atoms with Crippen molar-refractivity contribution < 1.29 is 9.21 Å². The second-order valence-electron chi connectivity index (χ2n) is 4.37. The Hall–Kier alpha value is -2.71. The van der Waals surface area contributed by atoms with Gasteiger partial charge in [-0.1, -0.05) is 36.5 Å². The molecule has 0 atom stereocenters. The normalized spacial score (nSPS) is 11.0. The Labute approximate surface area is 127 Å². The fraction of sp³-hybridized carbons (Fsp3) is 0.0625. The van der Waals surface area contributed by atoms with Crippen LogP contribution in [0.25, 0.3) is 17.4 Å². The molecule has 1 aromatic heterocycles. The van der Waals surface area contributed by atoms with Gasteiger partial charge in [-0.25, -0.2) is 0 Å². The van der Waals surface area contributed by atoms with Crippen LogP contribution in [0.1, 0.15) is 23.0 Å². The molecule has 0 aliphatic carbocycles. The van der Waals surface area contributed by atoms with E-state index in [1.165, 1.54) is 13.0 Å². The molecule has 2 N–H and O–H groups in total. The molecule has 21 heavy (non-hydrogen) atoms. The quantitative estimate of drug-likeness (QED) is 0.405. The zero-order valence-corrected chi connectivity index (χ0v) is 12.1. The molecule has 0 fully saturated rings. The maximum absolute atomic E-state index is 11.2. The van der Waals surface area contributed by atoms with Crippen molar-refractivity contribution in [2.75, 3.05) is 0 Å². The summed E-state index contributed by atoms with van der Waals surface area (Å²) in [7, 11) is 0. The highest BCUT2D eigenvalue weighted by Gasteiger charge is 2.07. The molecule has 4 nitrogen and oxygen atoms in total.